The number of carbonyl (C=O) groups is 1. The Hall–Kier alpha value is -1.01. The van der Waals surface area contributed by atoms with Crippen LogP contribution in [0.15, 0.2) is 17.6 Å². The monoisotopic (exact) mass is 269 g/mol. The molecule has 1 aliphatic rings. The largest absolute Gasteiger partial charge is 0.481 e. The first-order valence-electron chi connectivity index (χ1n) is 6.14. The van der Waals surface area contributed by atoms with Crippen molar-refractivity contribution in [2.45, 2.75) is 24.5 Å². The first-order valence-corrected chi connectivity index (χ1v) is 7.12. The van der Waals surface area contributed by atoms with Gasteiger partial charge in [0.15, 0.2) is 5.16 Å². The van der Waals surface area contributed by atoms with E-state index < -0.39 is 5.97 Å². The second-order valence-corrected chi connectivity index (χ2v) is 5.84. The Morgan fingerprint density at radius 2 is 2.44 bits per heavy atom. The van der Waals surface area contributed by atoms with Crippen LogP contribution in [-0.2, 0) is 4.79 Å². The maximum Gasteiger partial charge on any atom is 0.313 e. The topological polar surface area (TPSA) is 58.4 Å². The summed E-state index contributed by atoms with van der Waals surface area (Å²) in [4.78, 5) is 17.2. The van der Waals surface area contributed by atoms with Crippen LogP contribution in [0.2, 0.25) is 0 Å². The fourth-order valence-electron chi connectivity index (χ4n) is 2.54. The molecule has 0 aliphatic carbocycles. The Morgan fingerprint density at radius 1 is 1.67 bits per heavy atom. The van der Waals surface area contributed by atoms with Crippen LogP contribution in [0.25, 0.3) is 0 Å². The highest BCUT2D eigenvalue weighted by Gasteiger charge is 2.27. The lowest BCUT2D eigenvalue weighted by molar-refractivity contribution is -0.133. The van der Waals surface area contributed by atoms with Crippen LogP contribution in [0.4, 0.5) is 0 Å². The van der Waals surface area contributed by atoms with Crippen molar-refractivity contribution in [2.24, 2.45) is 5.92 Å². The standard InChI is InChI=1S/C12H19N3O2S/c1-9-7-14(2)5-3-10(9)15-6-4-13-12(15)18-8-11(16)17/h4,6,9-10H,3,5,7-8H2,1-2H3,(H,16,17). The summed E-state index contributed by atoms with van der Waals surface area (Å²) in [6.07, 6.45) is 4.82. The van der Waals surface area contributed by atoms with Gasteiger partial charge in [0, 0.05) is 25.0 Å². The van der Waals surface area contributed by atoms with Crippen LogP contribution in [0.5, 0.6) is 0 Å². The Balaban J connectivity index is 2.08. The molecule has 1 aliphatic heterocycles. The van der Waals surface area contributed by atoms with Crippen molar-refractivity contribution < 1.29 is 9.90 Å². The summed E-state index contributed by atoms with van der Waals surface area (Å²) in [6, 6.07) is 0.431. The molecule has 0 radical (unpaired) electrons. The molecule has 2 rings (SSSR count). The fraction of sp³-hybridized carbons (Fsp3) is 0.667. The number of nitrogens with zero attached hydrogens (tertiary/aromatic N) is 3. The first-order chi connectivity index (χ1) is 8.58. The van der Waals surface area contributed by atoms with Crippen molar-refractivity contribution in [3.8, 4) is 0 Å². The number of piperidine rings is 1. The molecule has 1 fully saturated rings. The van der Waals surface area contributed by atoms with Gasteiger partial charge < -0.3 is 14.6 Å². The average molecular weight is 269 g/mol. The van der Waals surface area contributed by atoms with Gasteiger partial charge in [-0.05, 0) is 25.9 Å². The highest BCUT2D eigenvalue weighted by Crippen LogP contribution is 2.31. The van der Waals surface area contributed by atoms with Crippen LogP contribution >= 0.6 is 11.8 Å². The molecular formula is C12H19N3O2S. The Morgan fingerprint density at radius 3 is 3.11 bits per heavy atom. The van der Waals surface area contributed by atoms with Crippen LogP contribution in [0.3, 0.4) is 0 Å². The molecule has 0 aromatic carbocycles. The van der Waals surface area contributed by atoms with E-state index in [1.165, 1.54) is 11.8 Å². The van der Waals surface area contributed by atoms with Gasteiger partial charge in [-0.3, -0.25) is 4.79 Å². The molecule has 1 aromatic rings. The minimum absolute atomic E-state index is 0.0675. The predicted molar refractivity (Wildman–Crippen MR) is 70.9 cm³/mol. The number of hydrogen-bond donors (Lipinski definition) is 1. The zero-order valence-electron chi connectivity index (χ0n) is 10.7. The maximum atomic E-state index is 10.6. The van der Waals surface area contributed by atoms with Crippen LogP contribution in [0, 0.1) is 5.92 Å². The summed E-state index contributed by atoms with van der Waals surface area (Å²) >= 11 is 1.30. The van der Waals surface area contributed by atoms with Gasteiger partial charge in [0.2, 0.25) is 0 Å². The fourth-order valence-corrected chi connectivity index (χ4v) is 3.28. The lowest BCUT2D eigenvalue weighted by Crippen LogP contribution is -2.37. The van der Waals surface area contributed by atoms with E-state index in [-0.39, 0.29) is 5.75 Å². The zero-order chi connectivity index (χ0) is 13.1. The van der Waals surface area contributed by atoms with Crippen LogP contribution in [-0.4, -0.2) is 51.4 Å². The summed E-state index contributed by atoms with van der Waals surface area (Å²) in [5.74, 6) is -0.175. The number of carboxylic acids is 1. The average Bonchev–Trinajstić information content (AvgIpc) is 2.74. The van der Waals surface area contributed by atoms with E-state index in [0.29, 0.717) is 12.0 Å². The molecule has 0 saturated carbocycles. The highest BCUT2D eigenvalue weighted by molar-refractivity contribution is 7.99. The van der Waals surface area contributed by atoms with Gasteiger partial charge in [-0.25, -0.2) is 4.98 Å². The maximum absolute atomic E-state index is 10.6. The number of thioether (sulfide) groups is 1. The van der Waals surface area contributed by atoms with Crippen molar-refractivity contribution in [3.05, 3.63) is 12.4 Å². The summed E-state index contributed by atoms with van der Waals surface area (Å²) in [5, 5.41) is 9.55. The minimum atomic E-state index is -0.800. The van der Waals surface area contributed by atoms with E-state index in [0.717, 1.165) is 24.7 Å². The van der Waals surface area contributed by atoms with Gasteiger partial charge in [-0.1, -0.05) is 18.7 Å². The lowest BCUT2D eigenvalue weighted by atomic mass is 9.94. The SMILES string of the molecule is CC1CN(C)CCC1n1ccnc1SCC(=O)O. The zero-order valence-corrected chi connectivity index (χ0v) is 11.6. The van der Waals surface area contributed by atoms with Gasteiger partial charge in [0.05, 0.1) is 5.75 Å². The number of carboxylic acid groups (broad SMARTS) is 1. The molecule has 1 aromatic heterocycles. The number of imidazole rings is 1. The highest BCUT2D eigenvalue weighted by atomic mass is 32.2. The Kier molecular flexibility index (Phi) is 4.29. The van der Waals surface area contributed by atoms with Gasteiger partial charge in [0.25, 0.3) is 0 Å². The number of aliphatic carboxylic acids is 1. The molecule has 6 heteroatoms. The molecule has 2 unspecified atom stereocenters. The first kappa shape index (κ1) is 13.4. The third kappa shape index (κ3) is 3.05. The number of likely N-dealkylation sites (tertiary alicyclic amines) is 1. The lowest BCUT2D eigenvalue weighted by Gasteiger charge is -2.36. The third-order valence-electron chi connectivity index (χ3n) is 3.38. The van der Waals surface area contributed by atoms with E-state index >= 15 is 0 Å². The molecule has 18 heavy (non-hydrogen) atoms. The smallest absolute Gasteiger partial charge is 0.313 e. The van der Waals surface area contributed by atoms with Crippen LogP contribution in [0.1, 0.15) is 19.4 Å². The molecule has 2 atom stereocenters. The van der Waals surface area contributed by atoms with Gasteiger partial charge in [-0.15, -0.1) is 0 Å². The van der Waals surface area contributed by atoms with E-state index in [1.807, 2.05) is 6.20 Å². The number of hydrogen-bond acceptors (Lipinski definition) is 4. The van der Waals surface area contributed by atoms with E-state index in [1.54, 1.807) is 6.20 Å². The van der Waals surface area contributed by atoms with Gasteiger partial charge >= 0.3 is 5.97 Å². The van der Waals surface area contributed by atoms with Crippen molar-refractivity contribution in [1.82, 2.24) is 14.5 Å². The second-order valence-electron chi connectivity index (χ2n) is 4.90. The normalized spacial score (nSPS) is 25.2. The van der Waals surface area contributed by atoms with Crippen LogP contribution < -0.4 is 0 Å². The summed E-state index contributed by atoms with van der Waals surface area (Å²) < 4.78 is 2.14. The summed E-state index contributed by atoms with van der Waals surface area (Å²) in [7, 11) is 2.14. The summed E-state index contributed by atoms with van der Waals surface area (Å²) in [6.45, 7) is 4.40. The van der Waals surface area contributed by atoms with Crippen molar-refractivity contribution in [3.63, 3.8) is 0 Å². The molecule has 100 valence electrons. The Labute approximate surface area is 111 Å². The van der Waals surface area contributed by atoms with E-state index in [4.69, 9.17) is 5.11 Å². The second kappa shape index (κ2) is 5.75. The van der Waals surface area contributed by atoms with Gasteiger partial charge in [-0.2, -0.15) is 0 Å². The van der Waals surface area contributed by atoms with Crippen molar-refractivity contribution in [1.29, 1.82) is 0 Å². The minimum Gasteiger partial charge on any atom is -0.481 e. The van der Waals surface area contributed by atoms with E-state index in [9.17, 15) is 4.79 Å². The molecule has 0 amide bonds. The molecule has 0 spiro atoms. The number of rotatable bonds is 4. The molecular weight excluding hydrogens is 250 g/mol. The van der Waals surface area contributed by atoms with Gasteiger partial charge in [0.1, 0.15) is 0 Å². The Bertz CT molecular complexity index is 421. The molecule has 1 saturated heterocycles. The third-order valence-corrected chi connectivity index (χ3v) is 4.34. The summed E-state index contributed by atoms with van der Waals surface area (Å²) in [5.41, 5.74) is 0. The molecule has 0 bridgehead atoms. The molecule has 1 N–H and O–H groups in total. The quantitative estimate of drug-likeness (QED) is 0.841. The molecule has 5 nitrogen and oxygen atoms in total. The van der Waals surface area contributed by atoms with Crippen molar-refractivity contribution >= 4 is 17.7 Å². The predicted octanol–water partition coefficient (Wildman–Crippen LogP) is 1.57. The van der Waals surface area contributed by atoms with E-state index in [2.05, 4.69) is 28.4 Å². The number of aromatic nitrogens is 2. The van der Waals surface area contributed by atoms with Crippen molar-refractivity contribution in [2.75, 3.05) is 25.9 Å². The molecule has 2 heterocycles.